The van der Waals surface area contributed by atoms with Gasteiger partial charge in [0.05, 0.1) is 0 Å². The first-order valence-electron chi connectivity index (χ1n) is 8.43. The van der Waals surface area contributed by atoms with Crippen LogP contribution < -0.4 is 10.6 Å². The van der Waals surface area contributed by atoms with Crippen molar-refractivity contribution < 1.29 is 4.74 Å². The van der Waals surface area contributed by atoms with E-state index in [2.05, 4.69) is 48.3 Å². The van der Waals surface area contributed by atoms with E-state index in [-0.39, 0.29) is 0 Å². The summed E-state index contributed by atoms with van der Waals surface area (Å²) in [6.07, 6.45) is 3.71. The molecule has 0 amide bonds. The summed E-state index contributed by atoms with van der Waals surface area (Å²) in [6, 6.07) is 0.579. The van der Waals surface area contributed by atoms with Gasteiger partial charge in [0.25, 0.3) is 0 Å². The highest BCUT2D eigenvalue weighted by Gasteiger charge is 2.20. The molecule has 1 aliphatic carbocycles. The molecule has 124 valence electrons. The maximum absolute atomic E-state index is 5.62. The van der Waals surface area contributed by atoms with E-state index in [1.807, 2.05) is 0 Å². The molecule has 0 aromatic rings. The first-order valence-corrected chi connectivity index (χ1v) is 8.43. The highest BCUT2D eigenvalue weighted by molar-refractivity contribution is 5.79. The average Bonchev–Trinajstić information content (AvgIpc) is 3.26. The molecular formula is C16H34N4O. The van der Waals surface area contributed by atoms with Crippen molar-refractivity contribution in [1.29, 1.82) is 0 Å². The van der Waals surface area contributed by atoms with E-state index in [4.69, 9.17) is 4.74 Å². The molecule has 0 aliphatic heterocycles. The van der Waals surface area contributed by atoms with E-state index in [0.717, 1.165) is 57.7 Å². The quantitative estimate of drug-likeness (QED) is 0.346. The lowest BCUT2D eigenvalue weighted by atomic mass is 10.3. The standard InChI is InChI=1S/C16H34N4O/c1-5-17-16(19-10-11-20(4)14(2)3)18-9-6-12-21-13-15-7-8-15/h14-15H,5-13H2,1-4H3,(H2,17,18,19). The van der Waals surface area contributed by atoms with Crippen molar-refractivity contribution in [2.75, 3.05) is 46.4 Å². The minimum atomic E-state index is 0.579. The van der Waals surface area contributed by atoms with Gasteiger partial charge in [-0.1, -0.05) is 0 Å². The molecule has 0 saturated heterocycles. The van der Waals surface area contributed by atoms with Crippen LogP contribution in [0.3, 0.4) is 0 Å². The van der Waals surface area contributed by atoms with Crippen molar-refractivity contribution in [3.05, 3.63) is 0 Å². The van der Waals surface area contributed by atoms with Gasteiger partial charge < -0.3 is 20.3 Å². The Morgan fingerprint density at radius 3 is 2.71 bits per heavy atom. The zero-order chi connectivity index (χ0) is 15.5. The Bertz CT molecular complexity index is 290. The zero-order valence-corrected chi connectivity index (χ0v) is 14.3. The third-order valence-electron chi connectivity index (χ3n) is 3.75. The van der Waals surface area contributed by atoms with Gasteiger partial charge in [-0.25, -0.2) is 0 Å². The van der Waals surface area contributed by atoms with E-state index >= 15 is 0 Å². The third kappa shape index (κ3) is 9.69. The van der Waals surface area contributed by atoms with Crippen LogP contribution in [0.25, 0.3) is 0 Å². The van der Waals surface area contributed by atoms with Crippen molar-refractivity contribution in [2.24, 2.45) is 10.9 Å². The molecule has 0 aromatic carbocycles. The Morgan fingerprint density at radius 2 is 2.10 bits per heavy atom. The maximum Gasteiger partial charge on any atom is 0.191 e. The molecule has 0 aromatic heterocycles. The highest BCUT2D eigenvalue weighted by atomic mass is 16.5. The van der Waals surface area contributed by atoms with Gasteiger partial charge in [0.1, 0.15) is 0 Å². The van der Waals surface area contributed by atoms with Gasteiger partial charge >= 0.3 is 0 Å². The lowest BCUT2D eigenvalue weighted by molar-refractivity contribution is 0.123. The number of ether oxygens (including phenoxy) is 1. The minimum Gasteiger partial charge on any atom is -0.381 e. The lowest BCUT2D eigenvalue weighted by Gasteiger charge is -2.21. The number of hydrogen-bond donors (Lipinski definition) is 2. The van der Waals surface area contributed by atoms with Gasteiger partial charge in [-0.2, -0.15) is 0 Å². The molecule has 0 unspecified atom stereocenters. The fourth-order valence-electron chi connectivity index (χ4n) is 1.84. The Kier molecular flexibility index (Phi) is 9.42. The summed E-state index contributed by atoms with van der Waals surface area (Å²) in [7, 11) is 2.15. The van der Waals surface area contributed by atoms with Crippen LogP contribution in [0.15, 0.2) is 4.99 Å². The predicted octanol–water partition coefficient (Wildman–Crippen LogP) is 1.70. The zero-order valence-electron chi connectivity index (χ0n) is 14.3. The van der Waals surface area contributed by atoms with Crippen LogP contribution in [-0.2, 0) is 4.74 Å². The van der Waals surface area contributed by atoms with E-state index in [1.54, 1.807) is 0 Å². The van der Waals surface area contributed by atoms with Gasteiger partial charge in [0.15, 0.2) is 5.96 Å². The Hall–Kier alpha value is -0.810. The maximum atomic E-state index is 5.62. The number of likely N-dealkylation sites (N-methyl/N-ethyl adjacent to an activating group) is 1. The summed E-state index contributed by atoms with van der Waals surface area (Å²) in [5.41, 5.74) is 0. The molecule has 1 rings (SSSR count). The Labute approximate surface area is 130 Å². The molecule has 1 fully saturated rings. The van der Waals surface area contributed by atoms with Gasteiger partial charge in [-0.3, -0.25) is 4.99 Å². The van der Waals surface area contributed by atoms with Crippen molar-refractivity contribution in [2.45, 2.75) is 46.1 Å². The van der Waals surface area contributed by atoms with Crippen LogP contribution in [0.5, 0.6) is 0 Å². The van der Waals surface area contributed by atoms with Crippen LogP contribution in [0.4, 0.5) is 0 Å². The number of nitrogens with zero attached hydrogens (tertiary/aromatic N) is 2. The number of nitrogens with one attached hydrogen (secondary N) is 2. The largest absolute Gasteiger partial charge is 0.381 e. The molecule has 5 nitrogen and oxygen atoms in total. The SMILES string of the molecule is CCNC(=NCCCOCC1CC1)NCCN(C)C(C)C. The molecule has 5 heteroatoms. The van der Waals surface area contributed by atoms with Crippen LogP contribution in [-0.4, -0.2) is 63.3 Å². The van der Waals surface area contributed by atoms with Crippen LogP contribution in [0, 0.1) is 5.92 Å². The van der Waals surface area contributed by atoms with Gasteiger partial charge in [-0.05, 0) is 53.0 Å². The second-order valence-corrected chi connectivity index (χ2v) is 6.13. The second-order valence-electron chi connectivity index (χ2n) is 6.13. The summed E-state index contributed by atoms with van der Waals surface area (Å²) in [5.74, 6) is 1.77. The lowest BCUT2D eigenvalue weighted by Crippen LogP contribution is -2.42. The third-order valence-corrected chi connectivity index (χ3v) is 3.75. The van der Waals surface area contributed by atoms with E-state index in [9.17, 15) is 0 Å². The van der Waals surface area contributed by atoms with Crippen molar-refractivity contribution in [3.8, 4) is 0 Å². The molecule has 1 aliphatic rings. The Balaban J connectivity index is 2.09. The second kappa shape index (κ2) is 10.9. The fraction of sp³-hybridized carbons (Fsp3) is 0.938. The topological polar surface area (TPSA) is 48.9 Å². The smallest absolute Gasteiger partial charge is 0.191 e. The molecule has 0 bridgehead atoms. The van der Waals surface area contributed by atoms with E-state index in [1.165, 1.54) is 12.8 Å². The van der Waals surface area contributed by atoms with Gasteiger partial charge in [-0.15, -0.1) is 0 Å². The minimum absolute atomic E-state index is 0.579. The van der Waals surface area contributed by atoms with Gasteiger partial charge in [0.2, 0.25) is 0 Å². The Morgan fingerprint density at radius 1 is 1.33 bits per heavy atom. The predicted molar refractivity (Wildman–Crippen MR) is 89.9 cm³/mol. The molecule has 21 heavy (non-hydrogen) atoms. The molecule has 0 radical (unpaired) electrons. The van der Waals surface area contributed by atoms with Crippen LogP contribution in [0.2, 0.25) is 0 Å². The number of rotatable bonds is 11. The van der Waals surface area contributed by atoms with Gasteiger partial charge in [0, 0.05) is 45.4 Å². The average molecular weight is 298 g/mol. The molecule has 0 heterocycles. The van der Waals surface area contributed by atoms with E-state index in [0.29, 0.717) is 6.04 Å². The van der Waals surface area contributed by atoms with Crippen LogP contribution in [0.1, 0.15) is 40.0 Å². The summed E-state index contributed by atoms with van der Waals surface area (Å²) in [5, 5.41) is 6.67. The summed E-state index contributed by atoms with van der Waals surface area (Å²) in [4.78, 5) is 6.91. The summed E-state index contributed by atoms with van der Waals surface area (Å²) in [6.45, 7) is 11.9. The normalized spacial score (nSPS) is 15.8. The number of aliphatic imine (C=N–C) groups is 1. The molecular weight excluding hydrogens is 264 g/mol. The monoisotopic (exact) mass is 298 g/mol. The van der Waals surface area contributed by atoms with E-state index < -0.39 is 0 Å². The summed E-state index contributed by atoms with van der Waals surface area (Å²) >= 11 is 0. The molecule has 0 atom stereocenters. The van der Waals surface area contributed by atoms with Crippen molar-refractivity contribution in [1.82, 2.24) is 15.5 Å². The number of guanidine groups is 1. The first-order chi connectivity index (χ1) is 10.1. The fourth-order valence-corrected chi connectivity index (χ4v) is 1.84. The van der Waals surface area contributed by atoms with Crippen molar-refractivity contribution in [3.63, 3.8) is 0 Å². The van der Waals surface area contributed by atoms with Crippen molar-refractivity contribution >= 4 is 5.96 Å². The first kappa shape index (κ1) is 18.2. The summed E-state index contributed by atoms with van der Waals surface area (Å²) < 4.78 is 5.62. The molecule has 1 saturated carbocycles. The highest BCUT2D eigenvalue weighted by Crippen LogP contribution is 2.28. The molecule has 0 spiro atoms. The van der Waals surface area contributed by atoms with Crippen LogP contribution >= 0.6 is 0 Å². The molecule has 2 N–H and O–H groups in total. The number of hydrogen-bond acceptors (Lipinski definition) is 3.